The van der Waals surface area contributed by atoms with Crippen LogP contribution in [-0.2, 0) is 9.53 Å². The summed E-state index contributed by atoms with van der Waals surface area (Å²) >= 11 is 0. The van der Waals surface area contributed by atoms with Gasteiger partial charge in [0, 0.05) is 51.1 Å². The van der Waals surface area contributed by atoms with Crippen molar-refractivity contribution in [3.63, 3.8) is 0 Å². The van der Waals surface area contributed by atoms with Gasteiger partial charge in [0.1, 0.15) is 6.10 Å². The van der Waals surface area contributed by atoms with E-state index in [1.54, 1.807) is 0 Å². The van der Waals surface area contributed by atoms with E-state index in [9.17, 15) is 4.79 Å². The summed E-state index contributed by atoms with van der Waals surface area (Å²) in [4.78, 5) is 17.2. The van der Waals surface area contributed by atoms with Gasteiger partial charge in [0.05, 0.1) is 0 Å². The first-order chi connectivity index (χ1) is 11.9. The zero-order valence-electron chi connectivity index (χ0n) is 16.4. The molecule has 2 aliphatic carbocycles. The topological polar surface area (TPSA) is 58.8 Å². The van der Waals surface area contributed by atoms with Crippen LogP contribution in [0.2, 0.25) is 0 Å². The molecule has 1 aliphatic heterocycles. The number of hydrogen-bond donors (Lipinski definition) is 1. The number of carbonyl (C=O) groups excluding carboxylic acids is 1. The molecule has 1 saturated heterocycles. The summed E-state index contributed by atoms with van der Waals surface area (Å²) in [7, 11) is 0. The molecule has 0 aromatic heterocycles. The van der Waals surface area contributed by atoms with E-state index in [0.29, 0.717) is 11.8 Å². The van der Waals surface area contributed by atoms with Gasteiger partial charge in [-0.15, -0.1) is 0 Å². The van der Waals surface area contributed by atoms with Gasteiger partial charge in [-0.3, -0.25) is 9.69 Å². The SMILES string of the molecule is CC1(C)[C@H]2CC[C@]1(C)[C@H](OC(=O)CCCN1CCN(CCN)CC1)C2. The molecule has 0 unspecified atom stereocenters. The maximum atomic E-state index is 12.3. The summed E-state index contributed by atoms with van der Waals surface area (Å²) in [6.45, 7) is 14.2. The van der Waals surface area contributed by atoms with E-state index in [2.05, 4.69) is 30.6 Å². The van der Waals surface area contributed by atoms with Gasteiger partial charge >= 0.3 is 5.97 Å². The zero-order valence-corrected chi connectivity index (χ0v) is 16.4. The molecule has 0 aromatic carbocycles. The average Bonchev–Trinajstić information content (AvgIpc) is 2.90. The van der Waals surface area contributed by atoms with Crippen molar-refractivity contribution in [2.24, 2.45) is 22.5 Å². The van der Waals surface area contributed by atoms with E-state index in [0.717, 1.165) is 64.6 Å². The van der Waals surface area contributed by atoms with Crippen LogP contribution in [0.15, 0.2) is 0 Å². The molecular formula is C20H37N3O2. The second-order valence-electron chi connectivity index (χ2n) is 9.16. The van der Waals surface area contributed by atoms with Crippen molar-refractivity contribution < 1.29 is 9.53 Å². The lowest BCUT2D eigenvalue weighted by Gasteiger charge is -2.38. The first-order valence-electron chi connectivity index (χ1n) is 10.2. The second-order valence-corrected chi connectivity index (χ2v) is 9.16. The molecule has 25 heavy (non-hydrogen) atoms. The van der Waals surface area contributed by atoms with Gasteiger partial charge in [0.2, 0.25) is 0 Å². The highest BCUT2D eigenvalue weighted by atomic mass is 16.5. The van der Waals surface area contributed by atoms with Crippen LogP contribution in [0.4, 0.5) is 0 Å². The Kier molecular flexibility index (Phi) is 5.76. The van der Waals surface area contributed by atoms with Gasteiger partial charge in [-0.25, -0.2) is 0 Å². The highest BCUT2D eigenvalue weighted by Gasteiger charge is 2.62. The lowest BCUT2D eigenvalue weighted by Crippen LogP contribution is -2.47. The molecule has 2 saturated carbocycles. The molecule has 5 nitrogen and oxygen atoms in total. The Labute approximate surface area is 153 Å². The van der Waals surface area contributed by atoms with Crippen molar-refractivity contribution >= 4 is 5.97 Å². The minimum Gasteiger partial charge on any atom is -0.462 e. The number of nitrogens with two attached hydrogens (primary N) is 1. The third-order valence-electron chi connectivity index (χ3n) is 7.75. The number of nitrogens with zero attached hydrogens (tertiary/aromatic N) is 2. The number of piperazine rings is 1. The molecule has 3 aliphatic rings. The average molecular weight is 352 g/mol. The van der Waals surface area contributed by atoms with E-state index in [1.807, 2.05) is 0 Å². The summed E-state index contributed by atoms with van der Waals surface area (Å²) in [6.07, 6.45) is 5.17. The van der Waals surface area contributed by atoms with E-state index in [1.165, 1.54) is 12.8 Å². The number of fused-ring (bicyclic) bond motifs is 2. The summed E-state index contributed by atoms with van der Waals surface area (Å²) in [5.41, 5.74) is 6.10. The van der Waals surface area contributed by atoms with Crippen LogP contribution in [0.5, 0.6) is 0 Å². The Morgan fingerprint density at radius 1 is 1.12 bits per heavy atom. The van der Waals surface area contributed by atoms with Crippen molar-refractivity contribution in [2.75, 3.05) is 45.8 Å². The standard InChI is InChI=1S/C20H37N3O2/c1-19(2)16-6-7-20(19,3)17(15-16)25-18(24)5-4-9-22-11-13-23(10-8-21)14-12-22/h16-17H,4-15,21H2,1-3H3/t16-,17+,20+/m0/s1. The van der Waals surface area contributed by atoms with Gasteiger partial charge in [0.25, 0.3) is 0 Å². The number of carbonyl (C=O) groups is 1. The smallest absolute Gasteiger partial charge is 0.306 e. The number of esters is 1. The molecule has 2 bridgehead atoms. The molecule has 0 aromatic rings. The van der Waals surface area contributed by atoms with Crippen LogP contribution in [0.25, 0.3) is 0 Å². The van der Waals surface area contributed by atoms with Gasteiger partial charge in [-0.1, -0.05) is 20.8 Å². The van der Waals surface area contributed by atoms with Crippen LogP contribution in [0, 0.1) is 16.7 Å². The van der Waals surface area contributed by atoms with Crippen LogP contribution in [0.1, 0.15) is 52.9 Å². The van der Waals surface area contributed by atoms with Gasteiger partial charge in [-0.2, -0.15) is 0 Å². The summed E-state index contributed by atoms with van der Waals surface area (Å²) in [5.74, 6) is 0.733. The van der Waals surface area contributed by atoms with E-state index in [-0.39, 0.29) is 17.5 Å². The Morgan fingerprint density at radius 3 is 2.28 bits per heavy atom. The van der Waals surface area contributed by atoms with Crippen LogP contribution in [-0.4, -0.2) is 67.7 Å². The predicted octanol–water partition coefficient (Wildman–Crippen LogP) is 2.10. The summed E-state index contributed by atoms with van der Waals surface area (Å²) < 4.78 is 5.94. The minimum atomic E-state index is 0.0105. The molecule has 3 fully saturated rings. The molecule has 0 radical (unpaired) electrons. The van der Waals surface area contributed by atoms with Crippen LogP contribution >= 0.6 is 0 Å². The fraction of sp³-hybridized carbons (Fsp3) is 0.950. The van der Waals surface area contributed by atoms with Crippen molar-refractivity contribution in [3.8, 4) is 0 Å². The maximum absolute atomic E-state index is 12.3. The predicted molar refractivity (Wildman–Crippen MR) is 100 cm³/mol. The van der Waals surface area contributed by atoms with Gasteiger partial charge in [0.15, 0.2) is 0 Å². The fourth-order valence-electron chi connectivity index (χ4n) is 5.39. The van der Waals surface area contributed by atoms with Crippen molar-refractivity contribution in [1.29, 1.82) is 0 Å². The molecular weight excluding hydrogens is 314 g/mol. The molecule has 3 rings (SSSR count). The van der Waals surface area contributed by atoms with Gasteiger partial charge < -0.3 is 15.4 Å². The normalized spacial score (nSPS) is 35.2. The Morgan fingerprint density at radius 2 is 1.76 bits per heavy atom. The molecule has 0 spiro atoms. The van der Waals surface area contributed by atoms with Crippen molar-refractivity contribution in [3.05, 3.63) is 0 Å². The van der Waals surface area contributed by atoms with E-state index < -0.39 is 0 Å². The number of ether oxygens (including phenoxy) is 1. The molecule has 3 atom stereocenters. The zero-order chi connectivity index (χ0) is 18.1. The monoisotopic (exact) mass is 351 g/mol. The molecule has 5 heteroatoms. The summed E-state index contributed by atoms with van der Waals surface area (Å²) in [5, 5.41) is 0. The Bertz CT molecular complexity index is 474. The largest absolute Gasteiger partial charge is 0.462 e. The highest BCUT2D eigenvalue weighted by Crippen LogP contribution is 2.66. The highest BCUT2D eigenvalue weighted by molar-refractivity contribution is 5.69. The second kappa shape index (κ2) is 7.53. The maximum Gasteiger partial charge on any atom is 0.306 e. The fourth-order valence-corrected chi connectivity index (χ4v) is 5.39. The van der Waals surface area contributed by atoms with Crippen molar-refractivity contribution in [2.45, 2.75) is 59.0 Å². The van der Waals surface area contributed by atoms with Crippen molar-refractivity contribution in [1.82, 2.24) is 9.80 Å². The van der Waals surface area contributed by atoms with E-state index in [4.69, 9.17) is 10.5 Å². The molecule has 2 N–H and O–H groups in total. The summed E-state index contributed by atoms with van der Waals surface area (Å²) in [6, 6.07) is 0. The molecule has 144 valence electrons. The third kappa shape index (κ3) is 3.74. The number of hydrogen-bond acceptors (Lipinski definition) is 5. The third-order valence-corrected chi connectivity index (χ3v) is 7.75. The number of rotatable bonds is 7. The molecule has 1 heterocycles. The lowest BCUT2D eigenvalue weighted by atomic mass is 9.70. The first kappa shape index (κ1) is 19.1. The van der Waals surface area contributed by atoms with Crippen LogP contribution < -0.4 is 5.73 Å². The Hall–Kier alpha value is -0.650. The Balaban J connectivity index is 1.36. The van der Waals surface area contributed by atoms with Crippen LogP contribution in [0.3, 0.4) is 0 Å². The molecule has 0 amide bonds. The minimum absolute atomic E-state index is 0.0105. The lowest BCUT2D eigenvalue weighted by molar-refractivity contribution is -0.157. The van der Waals surface area contributed by atoms with Gasteiger partial charge in [-0.05, 0) is 43.6 Å². The van der Waals surface area contributed by atoms with E-state index >= 15 is 0 Å². The first-order valence-corrected chi connectivity index (χ1v) is 10.2. The quantitative estimate of drug-likeness (QED) is 0.712.